The fourth-order valence-electron chi connectivity index (χ4n) is 3.76. The molecule has 36 heavy (non-hydrogen) atoms. The average Bonchev–Trinajstić information content (AvgIpc) is 2.93. The summed E-state index contributed by atoms with van der Waals surface area (Å²) in [7, 11) is 6.24. The molecule has 0 amide bonds. The molecule has 0 aliphatic rings. The smallest absolute Gasteiger partial charge is 0.339 e. The highest BCUT2D eigenvalue weighted by molar-refractivity contribution is 6.04. The number of pyridine rings is 1. The number of hydrogen-bond acceptors (Lipinski definition) is 8. The van der Waals surface area contributed by atoms with Gasteiger partial charge in [0, 0.05) is 10.9 Å². The van der Waals surface area contributed by atoms with Crippen molar-refractivity contribution in [2.75, 3.05) is 41.7 Å². The summed E-state index contributed by atoms with van der Waals surface area (Å²) in [5.41, 5.74) is 2.32. The van der Waals surface area contributed by atoms with Crippen LogP contribution in [0.15, 0.2) is 66.7 Å². The van der Waals surface area contributed by atoms with Crippen molar-refractivity contribution in [1.82, 2.24) is 4.98 Å². The number of fused-ring (bicyclic) bond motifs is 1. The summed E-state index contributed by atoms with van der Waals surface area (Å²) in [4.78, 5) is 17.8. The first-order valence-corrected chi connectivity index (χ1v) is 11.2. The highest BCUT2D eigenvalue weighted by Crippen LogP contribution is 2.41. The molecule has 0 fully saturated rings. The van der Waals surface area contributed by atoms with Crippen LogP contribution in [0.4, 0.5) is 0 Å². The second kappa shape index (κ2) is 11.3. The Kier molecular flexibility index (Phi) is 7.75. The predicted molar refractivity (Wildman–Crippen MR) is 136 cm³/mol. The summed E-state index contributed by atoms with van der Waals surface area (Å²) in [5, 5.41) is 0.690. The van der Waals surface area contributed by atoms with Crippen LogP contribution in [-0.4, -0.2) is 52.6 Å². The second-order valence-electron chi connectivity index (χ2n) is 7.65. The molecule has 0 bridgehead atoms. The maximum Gasteiger partial charge on any atom is 0.339 e. The van der Waals surface area contributed by atoms with Crippen molar-refractivity contribution in [2.24, 2.45) is 0 Å². The molecule has 0 saturated heterocycles. The van der Waals surface area contributed by atoms with Gasteiger partial charge in [0.2, 0.25) is 5.75 Å². The maximum atomic E-state index is 13.1. The fraction of sp³-hybridized carbons (Fsp3) is 0.214. The maximum absolute atomic E-state index is 13.1. The minimum absolute atomic E-state index is 0.0844. The Morgan fingerprint density at radius 2 is 1.42 bits per heavy atom. The van der Waals surface area contributed by atoms with Crippen molar-refractivity contribution in [2.45, 2.75) is 0 Å². The average molecular weight is 490 g/mol. The van der Waals surface area contributed by atoms with Gasteiger partial charge in [0.05, 0.1) is 45.2 Å². The Balaban J connectivity index is 1.58. The molecule has 0 aliphatic carbocycles. The molecule has 0 atom stereocenters. The third-order valence-corrected chi connectivity index (χ3v) is 5.54. The van der Waals surface area contributed by atoms with Gasteiger partial charge in [-0.2, -0.15) is 0 Å². The van der Waals surface area contributed by atoms with E-state index in [2.05, 4.69) is 0 Å². The molecule has 0 spiro atoms. The summed E-state index contributed by atoms with van der Waals surface area (Å²) in [6.45, 7) is 0.293. The topological polar surface area (TPSA) is 85.3 Å². The molecule has 0 N–H and O–H groups in total. The van der Waals surface area contributed by atoms with E-state index in [0.29, 0.717) is 50.7 Å². The SMILES string of the molecule is COc1ccc(OCCOC(=O)c2cc(-c3cc(OC)c(OC)c(OC)c3)nc3ccccc23)cc1. The van der Waals surface area contributed by atoms with Crippen molar-refractivity contribution in [3.8, 4) is 40.0 Å². The molecule has 186 valence electrons. The molecule has 0 unspecified atom stereocenters. The van der Waals surface area contributed by atoms with Gasteiger partial charge in [-0.3, -0.25) is 0 Å². The number of rotatable bonds is 10. The minimum atomic E-state index is -0.472. The number of ether oxygens (including phenoxy) is 6. The number of para-hydroxylation sites is 1. The van der Waals surface area contributed by atoms with Crippen molar-refractivity contribution >= 4 is 16.9 Å². The molecule has 8 heteroatoms. The van der Waals surface area contributed by atoms with Gasteiger partial charge >= 0.3 is 5.97 Å². The summed E-state index contributed by atoms with van der Waals surface area (Å²) in [6, 6.07) is 19.9. The van der Waals surface area contributed by atoms with Gasteiger partial charge < -0.3 is 28.4 Å². The van der Waals surface area contributed by atoms with Crippen LogP contribution in [0.2, 0.25) is 0 Å². The van der Waals surface area contributed by atoms with Gasteiger partial charge in [0.25, 0.3) is 0 Å². The lowest BCUT2D eigenvalue weighted by molar-refractivity contribution is 0.0452. The van der Waals surface area contributed by atoms with Gasteiger partial charge in [0.1, 0.15) is 24.7 Å². The molecular formula is C28H27NO7. The molecule has 8 nitrogen and oxygen atoms in total. The standard InChI is InChI=1S/C28H27NO7/c1-31-19-9-11-20(12-10-19)35-13-14-36-28(30)22-17-24(29-23-8-6-5-7-21(22)23)18-15-25(32-2)27(34-4)26(16-18)33-3/h5-12,15-17H,13-14H2,1-4H3. The lowest BCUT2D eigenvalue weighted by Gasteiger charge is -2.15. The van der Waals surface area contributed by atoms with E-state index >= 15 is 0 Å². The predicted octanol–water partition coefficient (Wildman–Crippen LogP) is 5.17. The van der Waals surface area contributed by atoms with Crippen LogP contribution >= 0.6 is 0 Å². The largest absolute Gasteiger partial charge is 0.497 e. The highest BCUT2D eigenvalue weighted by atomic mass is 16.6. The quantitative estimate of drug-likeness (QED) is 0.223. The molecule has 0 aliphatic heterocycles. The van der Waals surface area contributed by atoms with Gasteiger partial charge in [-0.25, -0.2) is 9.78 Å². The Morgan fingerprint density at radius 3 is 2.06 bits per heavy atom. The molecular weight excluding hydrogens is 462 g/mol. The van der Waals surface area contributed by atoms with Gasteiger partial charge in [-0.15, -0.1) is 0 Å². The molecule has 4 rings (SSSR count). The number of aromatic nitrogens is 1. The molecule has 0 radical (unpaired) electrons. The first kappa shape index (κ1) is 24.7. The van der Waals surface area contributed by atoms with Crippen molar-refractivity contribution < 1.29 is 33.2 Å². The van der Waals surface area contributed by atoms with Crippen LogP contribution in [0.25, 0.3) is 22.2 Å². The summed E-state index contributed by atoms with van der Waals surface area (Å²) < 4.78 is 32.7. The Morgan fingerprint density at radius 1 is 0.750 bits per heavy atom. The Bertz CT molecular complexity index is 1330. The zero-order valence-corrected chi connectivity index (χ0v) is 20.6. The van der Waals surface area contributed by atoms with Crippen LogP contribution in [-0.2, 0) is 4.74 Å². The summed E-state index contributed by atoms with van der Waals surface area (Å²) in [5.74, 6) is 2.37. The van der Waals surface area contributed by atoms with E-state index in [9.17, 15) is 4.79 Å². The zero-order chi connectivity index (χ0) is 25.5. The van der Waals surface area contributed by atoms with Crippen LogP contribution in [0, 0.1) is 0 Å². The number of benzene rings is 3. The minimum Gasteiger partial charge on any atom is -0.497 e. The summed E-state index contributed by atoms with van der Waals surface area (Å²) in [6.07, 6.45) is 0. The van der Waals surface area contributed by atoms with Crippen LogP contribution in [0.3, 0.4) is 0 Å². The normalized spacial score (nSPS) is 10.6. The Labute approximate surface area is 209 Å². The molecule has 1 aromatic heterocycles. The fourth-order valence-corrected chi connectivity index (χ4v) is 3.76. The van der Waals surface area contributed by atoms with Gasteiger partial charge in [0.15, 0.2) is 11.5 Å². The molecule has 0 saturated carbocycles. The van der Waals surface area contributed by atoms with Crippen LogP contribution in [0.5, 0.6) is 28.7 Å². The second-order valence-corrected chi connectivity index (χ2v) is 7.65. The molecule has 3 aromatic carbocycles. The first-order chi connectivity index (χ1) is 17.6. The van der Waals surface area contributed by atoms with Crippen molar-refractivity contribution in [3.63, 3.8) is 0 Å². The molecule has 1 heterocycles. The third-order valence-electron chi connectivity index (χ3n) is 5.54. The van der Waals surface area contributed by atoms with E-state index in [1.54, 1.807) is 70.9 Å². The van der Waals surface area contributed by atoms with Crippen molar-refractivity contribution in [3.05, 3.63) is 72.3 Å². The number of hydrogen-bond donors (Lipinski definition) is 0. The summed E-state index contributed by atoms with van der Waals surface area (Å²) >= 11 is 0. The number of nitrogens with zero attached hydrogens (tertiary/aromatic N) is 1. The molecule has 4 aromatic rings. The zero-order valence-electron chi connectivity index (χ0n) is 20.6. The van der Waals surface area contributed by atoms with Crippen molar-refractivity contribution in [1.29, 1.82) is 0 Å². The van der Waals surface area contributed by atoms with E-state index in [4.69, 9.17) is 33.4 Å². The van der Waals surface area contributed by atoms with E-state index in [-0.39, 0.29) is 13.2 Å². The lowest BCUT2D eigenvalue weighted by Crippen LogP contribution is -2.13. The lowest BCUT2D eigenvalue weighted by atomic mass is 10.0. The van der Waals surface area contributed by atoms with Gasteiger partial charge in [-0.05, 0) is 48.5 Å². The third kappa shape index (κ3) is 5.27. The first-order valence-electron chi connectivity index (χ1n) is 11.2. The number of carbonyl (C=O) groups excluding carboxylic acids is 1. The van der Waals surface area contributed by atoms with E-state index < -0.39 is 5.97 Å². The van der Waals surface area contributed by atoms with E-state index in [0.717, 1.165) is 5.75 Å². The number of esters is 1. The van der Waals surface area contributed by atoms with E-state index in [1.165, 1.54) is 0 Å². The Hall–Kier alpha value is -4.46. The van der Waals surface area contributed by atoms with Crippen LogP contribution in [0.1, 0.15) is 10.4 Å². The monoisotopic (exact) mass is 489 g/mol. The van der Waals surface area contributed by atoms with Crippen LogP contribution < -0.4 is 23.7 Å². The number of carbonyl (C=O) groups is 1. The van der Waals surface area contributed by atoms with E-state index in [1.807, 2.05) is 24.3 Å². The van der Waals surface area contributed by atoms with Gasteiger partial charge in [-0.1, -0.05) is 18.2 Å². The number of methoxy groups -OCH3 is 4. The highest BCUT2D eigenvalue weighted by Gasteiger charge is 2.19.